The highest BCUT2D eigenvalue weighted by Gasteiger charge is 2.07. The van der Waals surface area contributed by atoms with Crippen molar-refractivity contribution in [2.45, 2.75) is 25.4 Å². The van der Waals surface area contributed by atoms with E-state index in [1.807, 2.05) is 18.2 Å². The van der Waals surface area contributed by atoms with Crippen LogP contribution in [-0.2, 0) is 0 Å². The SMILES string of the molecule is C#CCCCC(O)c1ccc2ccccc2c1. The van der Waals surface area contributed by atoms with Crippen molar-refractivity contribution in [3.05, 3.63) is 48.0 Å². The lowest BCUT2D eigenvalue weighted by molar-refractivity contribution is 0.165. The summed E-state index contributed by atoms with van der Waals surface area (Å²) in [5, 5.41) is 12.4. The molecule has 0 aromatic heterocycles. The van der Waals surface area contributed by atoms with Gasteiger partial charge in [-0.3, -0.25) is 0 Å². The summed E-state index contributed by atoms with van der Waals surface area (Å²) in [6, 6.07) is 14.3. The monoisotopic (exact) mass is 224 g/mol. The Morgan fingerprint density at radius 1 is 1.12 bits per heavy atom. The van der Waals surface area contributed by atoms with Crippen LogP contribution in [0, 0.1) is 12.3 Å². The summed E-state index contributed by atoms with van der Waals surface area (Å²) < 4.78 is 0. The molecule has 0 saturated carbocycles. The van der Waals surface area contributed by atoms with Crippen LogP contribution < -0.4 is 0 Å². The van der Waals surface area contributed by atoms with Crippen LogP contribution in [0.3, 0.4) is 0 Å². The maximum absolute atomic E-state index is 10.0. The molecule has 0 heterocycles. The van der Waals surface area contributed by atoms with Crippen LogP contribution in [0.5, 0.6) is 0 Å². The Hall–Kier alpha value is -1.78. The van der Waals surface area contributed by atoms with Crippen molar-refractivity contribution in [2.24, 2.45) is 0 Å². The average Bonchev–Trinajstić information content (AvgIpc) is 2.38. The third kappa shape index (κ3) is 2.87. The van der Waals surface area contributed by atoms with Gasteiger partial charge in [0.15, 0.2) is 0 Å². The van der Waals surface area contributed by atoms with Gasteiger partial charge in [-0.05, 0) is 35.2 Å². The first-order chi connectivity index (χ1) is 8.31. The molecule has 1 nitrogen and oxygen atoms in total. The second kappa shape index (κ2) is 5.52. The Kier molecular flexibility index (Phi) is 3.80. The maximum atomic E-state index is 10.0. The Balaban J connectivity index is 2.16. The summed E-state index contributed by atoms with van der Waals surface area (Å²) in [6.07, 6.45) is 7.10. The Morgan fingerprint density at radius 2 is 1.88 bits per heavy atom. The van der Waals surface area contributed by atoms with Crippen molar-refractivity contribution >= 4 is 10.8 Å². The maximum Gasteiger partial charge on any atom is 0.0790 e. The molecular formula is C16H16O. The first-order valence-electron chi connectivity index (χ1n) is 5.91. The summed E-state index contributed by atoms with van der Waals surface area (Å²) in [5.41, 5.74) is 0.973. The van der Waals surface area contributed by atoms with E-state index in [1.165, 1.54) is 10.8 Å². The minimum Gasteiger partial charge on any atom is -0.388 e. The van der Waals surface area contributed by atoms with E-state index >= 15 is 0 Å². The Bertz CT molecular complexity index is 536. The van der Waals surface area contributed by atoms with E-state index in [4.69, 9.17) is 6.42 Å². The molecule has 0 aliphatic rings. The second-order valence-corrected chi connectivity index (χ2v) is 4.22. The molecule has 0 bridgehead atoms. The standard InChI is InChI=1S/C16H16O/c1-2-3-4-9-16(17)15-11-10-13-7-5-6-8-14(13)12-15/h1,5-8,10-12,16-17H,3-4,9H2. The van der Waals surface area contributed by atoms with Gasteiger partial charge in [0.2, 0.25) is 0 Å². The summed E-state index contributed by atoms with van der Waals surface area (Å²) in [4.78, 5) is 0. The predicted octanol–water partition coefficient (Wildman–Crippen LogP) is 3.68. The molecule has 0 fully saturated rings. The Labute approximate surface area is 102 Å². The number of aliphatic hydroxyl groups excluding tert-OH is 1. The molecule has 1 unspecified atom stereocenters. The lowest BCUT2D eigenvalue weighted by Crippen LogP contribution is -1.97. The van der Waals surface area contributed by atoms with E-state index < -0.39 is 6.10 Å². The zero-order valence-electron chi connectivity index (χ0n) is 9.76. The summed E-state index contributed by atoms with van der Waals surface area (Å²) >= 11 is 0. The molecule has 1 heteroatoms. The average molecular weight is 224 g/mol. The largest absolute Gasteiger partial charge is 0.388 e. The van der Waals surface area contributed by atoms with Crippen LogP contribution in [0.1, 0.15) is 30.9 Å². The Morgan fingerprint density at radius 3 is 2.65 bits per heavy atom. The van der Waals surface area contributed by atoms with Crippen molar-refractivity contribution in [2.75, 3.05) is 0 Å². The van der Waals surface area contributed by atoms with Crippen LogP contribution in [0.2, 0.25) is 0 Å². The van der Waals surface area contributed by atoms with E-state index in [2.05, 4.69) is 30.2 Å². The molecule has 0 saturated heterocycles. The molecule has 86 valence electrons. The number of fused-ring (bicyclic) bond motifs is 1. The molecular weight excluding hydrogens is 208 g/mol. The van der Waals surface area contributed by atoms with Gasteiger partial charge in [0.05, 0.1) is 6.10 Å². The highest BCUT2D eigenvalue weighted by atomic mass is 16.3. The van der Waals surface area contributed by atoms with Crippen molar-refractivity contribution < 1.29 is 5.11 Å². The molecule has 0 radical (unpaired) electrons. The topological polar surface area (TPSA) is 20.2 Å². The number of hydrogen-bond donors (Lipinski definition) is 1. The van der Waals surface area contributed by atoms with Gasteiger partial charge in [0.25, 0.3) is 0 Å². The lowest BCUT2D eigenvalue weighted by atomic mass is 10.0. The highest BCUT2D eigenvalue weighted by Crippen LogP contribution is 2.23. The first kappa shape index (κ1) is 11.7. The van der Waals surface area contributed by atoms with Gasteiger partial charge >= 0.3 is 0 Å². The lowest BCUT2D eigenvalue weighted by Gasteiger charge is -2.11. The van der Waals surface area contributed by atoms with Gasteiger partial charge in [-0.1, -0.05) is 36.4 Å². The van der Waals surface area contributed by atoms with Crippen LogP contribution in [-0.4, -0.2) is 5.11 Å². The molecule has 0 amide bonds. The smallest absolute Gasteiger partial charge is 0.0790 e. The van der Waals surface area contributed by atoms with Gasteiger partial charge in [-0.25, -0.2) is 0 Å². The van der Waals surface area contributed by atoms with E-state index in [-0.39, 0.29) is 0 Å². The quantitative estimate of drug-likeness (QED) is 0.620. The number of rotatable bonds is 4. The molecule has 2 aromatic rings. The van der Waals surface area contributed by atoms with E-state index in [1.54, 1.807) is 0 Å². The summed E-state index contributed by atoms with van der Waals surface area (Å²) in [6.45, 7) is 0. The fourth-order valence-corrected chi connectivity index (χ4v) is 1.98. The number of aliphatic hydroxyl groups is 1. The molecule has 1 atom stereocenters. The summed E-state index contributed by atoms with van der Waals surface area (Å²) in [7, 11) is 0. The van der Waals surface area contributed by atoms with Crippen molar-refractivity contribution in [1.82, 2.24) is 0 Å². The predicted molar refractivity (Wildman–Crippen MR) is 71.6 cm³/mol. The van der Waals surface area contributed by atoms with Gasteiger partial charge in [0.1, 0.15) is 0 Å². The third-order valence-electron chi connectivity index (χ3n) is 2.96. The zero-order valence-corrected chi connectivity index (χ0v) is 9.76. The second-order valence-electron chi connectivity index (χ2n) is 4.22. The van der Waals surface area contributed by atoms with Crippen LogP contribution in [0.15, 0.2) is 42.5 Å². The molecule has 2 aromatic carbocycles. The third-order valence-corrected chi connectivity index (χ3v) is 2.96. The fraction of sp³-hybridized carbons (Fsp3) is 0.250. The van der Waals surface area contributed by atoms with Crippen molar-refractivity contribution in [1.29, 1.82) is 0 Å². The van der Waals surface area contributed by atoms with Crippen LogP contribution in [0.25, 0.3) is 10.8 Å². The molecule has 17 heavy (non-hydrogen) atoms. The van der Waals surface area contributed by atoms with Gasteiger partial charge in [0, 0.05) is 6.42 Å². The van der Waals surface area contributed by atoms with E-state index in [9.17, 15) is 5.11 Å². The van der Waals surface area contributed by atoms with Crippen LogP contribution in [0.4, 0.5) is 0 Å². The van der Waals surface area contributed by atoms with Gasteiger partial charge < -0.3 is 5.11 Å². The molecule has 0 aliphatic heterocycles. The normalized spacial score (nSPS) is 12.2. The van der Waals surface area contributed by atoms with E-state index in [0.717, 1.165) is 24.8 Å². The highest BCUT2D eigenvalue weighted by molar-refractivity contribution is 5.83. The summed E-state index contributed by atoms with van der Waals surface area (Å²) in [5.74, 6) is 2.59. The molecule has 0 spiro atoms. The van der Waals surface area contributed by atoms with Gasteiger partial charge in [-0.2, -0.15) is 0 Å². The number of hydrogen-bond acceptors (Lipinski definition) is 1. The molecule has 1 N–H and O–H groups in total. The minimum atomic E-state index is -0.409. The van der Waals surface area contributed by atoms with Crippen molar-refractivity contribution in [3.8, 4) is 12.3 Å². The molecule has 0 aliphatic carbocycles. The number of benzene rings is 2. The first-order valence-corrected chi connectivity index (χ1v) is 5.91. The fourth-order valence-electron chi connectivity index (χ4n) is 1.98. The number of terminal acetylenes is 1. The van der Waals surface area contributed by atoms with E-state index in [0.29, 0.717) is 0 Å². The van der Waals surface area contributed by atoms with Crippen LogP contribution >= 0.6 is 0 Å². The minimum absolute atomic E-state index is 0.409. The van der Waals surface area contributed by atoms with Gasteiger partial charge in [-0.15, -0.1) is 12.3 Å². The zero-order chi connectivity index (χ0) is 12.1. The molecule has 2 rings (SSSR count). The van der Waals surface area contributed by atoms with Crippen molar-refractivity contribution in [3.63, 3.8) is 0 Å². The number of unbranched alkanes of at least 4 members (excludes halogenated alkanes) is 1.